The number of carbonyl (C=O) groups is 1. The number of para-hydroxylation sites is 1. The molecule has 6 rings (SSSR count). The van der Waals surface area contributed by atoms with Crippen LogP contribution < -0.4 is 24.9 Å². The number of thiazole rings is 1. The molecule has 0 spiro atoms. The van der Waals surface area contributed by atoms with E-state index in [1.165, 1.54) is 22.7 Å². The molecule has 3 heterocycles. The van der Waals surface area contributed by atoms with E-state index in [0.717, 1.165) is 10.4 Å². The molecule has 0 aliphatic carbocycles. The first-order valence-electron chi connectivity index (χ1n) is 13.2. The Bertz CT molecular complexity index is 2070. The van der Waals surface area contributed by atoms with E-state index in [1.807, 2.05) is 60.0 Å². The standard InChI is InChI=1S/C33H23ClN4O3S2/c1-20-29(31(39)37-25-6-3-2-4-7-25)30(27-8-5-15-42-27)38-32(40)28(43-33(38)36-20)17-23-16-24(34)13-14-26(23)41-19-22-11-9-21(18-35)10-12-22/h2-17,30H,19H2,1H3,(H,37,39)/b28-17+/t30-/m1/s1. The molecule has 10 heteroatoms. The molecule has 0 unspecified atom stereocenters. The van der Waals surface area contributed by atoms with E-state index < -0.39 is 6.04 Å². The molecule has 1 aliphatic heterocycles. The van der Waals surface area contributed by atoms with Gasteiger partial charge in [-0.3, -0.25) is 14.2 Å². The molecule has 1 amide bonds. The summed E-state index contributed by atoms with van der Waals surface area (Å²) in [6.07, 6.45) is 1.75. The van der Waals surface area contributed by atoms with Gasteiger partial charge in [-0.05, 0) is 72.5 Å². The molecule has 0 saturated carbocycles. The molecule has 0 bridgehead atoms. The first-order valence-corrected chi connectivity index (χ1v) is 15.3. The number of amides is 1. The van der Waals surface area contributed by atoms with E-state index in [0.29, 0.717) is 48.2 Å². The Morgan fingerprint density at radius 3 is 2.63 bits per heavy atom. The number of anilines is 1. The molecule has 0 saturated heterocycles. The molecule has 3 aromatic carbocycles. The molecule has 7 nitrogen and oxygen atoms in total. The number of nitriles is 1. The van der Waals surface area contributed by atoms with E-state index >= 15 is 0 Å². The predicted octanol–water partition coefficient (Wildman–Crippen LogP) is 6.04. The summed E-state index contributed by atoms with van der Waals surface area (Å²) in [5, 5.41) is 14.4. The van der Waals surface area contributed by atoms with Crippen molar-refractivity contribution in [3.05, 3.63) is 148 Å². The largest absolute Gasteiger partial charge is 0.488 e. The lowest BCUT2D eigenvalue weighted by atomic mass is 10.0. The highest BCUT2D eigenvalue weighted by molar-refractivity contribution is 7.10. The number of thiophene rings is 1. The second kappa shape index (κ2) is 12.2. The Kier molecular flexibility index (Phi) is 8.07. The SMILES string of the molecule is CC1=C(C(=O)Nc2ccccc2)[C@@H](c2cccs2)n2c(s/c(=C/c3cc(Cl)ccc3OCc3ccc(C#N)cc3)c2=O)=N1. The number of rotatable bonds is 7. The van der Waals surface area contributed by atoms with Gasteiger partial charge in [-0.25, -0.2) is 4.99 Å². The lowest BCUT2D eigenvalue weighted by Gasteiger charge is -2.24. The average Bonchev–Trinajstić information content (AvgIpc) is 3.65. The minimum atomic E-state index is -0.631. The van der Waals surface area contributed by atoms with Crippen molar-refractivity contribution in [1.29, 1.82) is 5.26 Å². The maximum Gasteiger partial charge on any atom is 0.271 e. The van der Waals surface area contributed by atoms with E-state index in [2.05, 4.69) is 11.4 Å². The zero-order valence-electron chi connectivity index (χ0n) is 22.8. The Morgan fingerprint density at radius 2 is 1.91 bits per heavy atom. The Hall–Kier alpha value is -4.75. The number of benzene rings is 3. The molecule has 1 atom stereocenters. The van der Waals surface area contributed by atoms with E-state index in [9.17, 15) is 9.59 Å². The van der Waals surface area contributed by atoms with Gasteiger partial charge in [0, 0.05) is 21.2 Å². The Labute approximate surface area is 259 Å². The molecule has 1 N–H and O–H groups in total. The van der Waals surface area contributed by atoms with E-state index in [1.54, 1.807) is 47.9 Å². The molecule has 43 heavy (non-hydrogen) atoms. The maximum atomic E-state index is 14.0. The number of halogens is 1. The fourth-order valence-corrected chi connectivity index (χ4v) is 6.83. The number of nitrogens with one attached hydrogen (secondary N) is 1. The Morgan fingerprint density at radius 1 is 1.12 bits per heavy atom. The van der Waals surface area contributed by atoms with Crippen molar-refractivity contribution in [3.63, 3.8) is 0 Å². The third-order valence-corrected chi connectivity index (χ3v) is 8.99. The highest BCUT2D eigenvalue weighted by Gasteiger charge is 2.33. The van der Waals surface area contributed by atoms with Crippen molar-refractivity contribution in [2.45, 2.75) is 19.6 Å². The van der Waals surface area contributed by atoms with Gasteiger partial charge < -0.3 is 10.1 Å². The van der Waals surface area contributed by atoms with Crippen LogP contribution in [0.1, 0.15) is 34.5 Å². The summed E-state index contributed by atoms with van der Waals surface area (Å²) in [6.45, 7) is 2.07. The van der Waals surface area contributed by atoms with Crippen LogP contribution in [0.3, 0.4) is 0 Å². The molecule has 1 aliphatic rings. The number of hydrogen-bond acceptors (Lipinski definition) is 7. The van der Waals surface area contributed by atoms with Crippen LogP contribution in [0.4, 0.5) is 5.69 Å². The highest BCUT2D eigenvalue weighted by atomic mass is 35.5. The van der Waals surface area contributed by atoms with Crippen LogP contribution in [-0.4, -0.2) is 10.5 Å². The van der Waals surface area contributed by atoms with Crippen molar-refractivity contribution >= 4 is 51.9 Å². The van der Waals surface area contributed by atoms with Crippen LogP contribution in [0, 0.1) is 11.3 Å². The number of fused-ring (bicyclic) bond motifs is 1. The van der Waals surface area contributed by atoms with Gasteiger partial charge in [0.1, 0.15) is 18.4 Å². The molecule has 0 fully saturated rings. The Balaban J connectivity index is 1.39. The predicted molar refractivity (Wildman–Crippen MR) is 170 cm³/mol. The fourth-order valence-electron chi connectivity index (χ4n) is 4.79. The van der Waals surface area contributed by atoms with Crippen LogP contribution in [0.2, 0.25) is 5.02 Å². The number of hydrogen-bond donors (Lipinski definition) is 1. The summed E-state index contributed by atoms with van der Waals surface area (Å²) in [7, 11) is 0. The summed E-state index contributed by atoms with van der Waals surface area (Å²) in [5.74, 6) is 0.238. The fraction of sp³-hybridized carbons (Fsp3) is 0.0909. The second-order valence-electron chi connectivity index (χ2n) is 9.70. The second-order valence-corrected chi connectivity index (χ2v) is 12.1. The van der Waals surface area contributed by atoms with Crippen LogP contribution in [0.25, 0.3) is 6.08 Å². The number of aromatic nitrogens is 1. The summed E-state index contributed by atoms with van der Waals surface area (Å²) in [6, 6.07) is 26.9. The van der Waals surface area contributed by atoms with Crippen molar-refractivity contribution < 1.29 is 9.53 Å². The summed E-state index contributed by atoms with van der Waals surface area (Å²) in [5.41, 5.74) is 3.46. The van der Waals surface area contributed by atoms with E-state index in [4.69, 9.17) is 26.6 Å². The highest BCUT2D eigenvalue weighted by Crippen LogP contribution is 2.33. The van der Waals surface area contributed by atoms with Gasteiger partial charge in [-0.15, -0.1) is 11.3 Å². The smallest absolute Gasteiger partial charge is 0.271 e. The first-order chi connectivity index (χ1) is 20.9. The lowest BCUT2D eigenvalue weighted by Crippen LogP contribution is -2.40. The van der Waals surface area contributed by atoms with Crippen LogP contribution in [-0.2, 0) is 11.4 Å². The summed E-state index contributed by atoms with van der Waals surface area (Å²) in [4.78, 5) is 33.7. The number of ether oxygens (including phenoxy) is 1. The topological polar surface area (TPSA) is 96.5 Å². The molecular weight excluding hydrogens is 600 g/mol. The molecular formula is C33H23ClN4O3S2. The lowest BCUT2D eigenvalue weighted by molar-refractivity contribution is -0.113. The van der Waals surface area contributed by atoms with Gasteiger partial charge in [-0.2, -0.15) is 5.26 Å². The van der Waals surface area contributed by atoms with Crippen molar-refractivity contribution in [1.82, 2.24) is 4.57 Å². The van der Waals surface area contributed by atoms with Crippen LogP contribution in [0.15, 0.2) is 111 Å². The normalized spacial score (nSPS) is 14.5. The quantitative estimate of drug-likeness (QED) is 0.239. The third kappa shape index (κ3) is 5.94. The monoisotopic (exact) mass is 622 g/mol. The summed E-state index contributed by atoms with van der Waals surface area (Å²) < 4.78 is 8.14. The van der Waals surface area contributed by atoms with Gasteiger partial charge in [0.15, 0.2) is 4.80 Å². The average molecular weight is 623 g/mol. The molecule has 5 aromatic rings. The minimum Gasteiger partial charge on any atom is -0.488 e. The van der Waals surface area contributed by atoms with Gasteiger partial charge in [0.05, 0.1) is 27.4 Å². The van der Waals surface area contributed by atoms with Crippen molar-refractivity contribution in [3.8, 4) is 11.8 Å². The zero-order valence-corrected chi connectivity index (χ0v) is 25.2. The van der Waals surface area contributed by atoms with Gasteiger partial charge in [0.2, 0.25) is 0 Å². The van der Waals surface area contributed by atoms with Crippen molar-refractivity contribution in [2.24, 2.45) is 4.99 Å². The van der Waals surface area contributed by atoms with Gasteiger partial charge >= 0.3 is 0 Å². The van der Waals surface area contributed by atoms with Crippen molar-refractivity contribution in [2.75, 3.05) is 5.32 Å². The van der Waals surface area contributed by atoms with Crippen LogP contribution in [0.5, 0.6) is 5.75 Å². The maximum absolute atomic E-state index is 14.0. The zero-order chi connectivity index (χ0) is 29.9. The van der Waals surface area contributed by atoms with Gasteiger partial charge in [0.25, 0.3) is 11.5 Å². The minimum absolute atomic E-state index is 0.266. The number of allylic oxidation sites excluding steroid dienone is 1. The summed E-state index contributed by atoms with van der Waals surface area (Å²) >= 11 is 9.08. The molecule has 212 valence electrons. The van der Waals surface area contributed by atoms with Crippen LogP contribution >= 0.6 is 34.3 Å². The third-order valence-electron chi connectivity index (χ3n) is 6.85. The number of nitrogens with zero attached hydrogens (tertiary/aromatic N) is 3. The number of carbonyl (C=O) groups excluding carboxylic acids is 1. The van der Waals surface area contributed by atoms with Gasteiger partial charge in [-0.1, -0.05) is 59.3 Å². The molecule has 2 aromatic heterocycles. The van der Waals surface area contributed by atoms with E-state index in [-0.39, 0.29) is 18.1 Å². The first kappa shape index (κ1) is 28.4. The molecule has 0 radical (unpaired) electrons.